The van der Waals surface area contributed by atoms with Crippen LogP contribution in [0.15, 0.2) is 24.3 Å². The predicted octanol–water partition coefficient (Wildman–Crippen LogP) is 2.25. The molecule has 2 saturated heterocycles. The van der Waals surface area contributed by atoms with Gasteiger partial charge in [-0.3, -0.25) is 0 Å². The van der Waals surface area contributed by atoms with Crippen LogP contribution in [0.3, 0.4) is 0 Å². The summed E-state index contributed by atoms with van der Waals surface area (Å²) in [5.74, 6) is 0.552. The van der Waals surface area contributed by atoms with Crippen molar-refractivity contribution < 1.29 is 14.2 Å². The zero-order valence-electron chi connectivity index (χ0n) is 11.4. The predicted molar refractivity (Wildman–Crippen MR) is 72.2 cm³/mol. The average Bonchev–Trinajstić information content (AvgIpc) is 2.85. The molecule has 4 heteroatoms. The van der Waals surface area contributed by atoms with Crippen molar-refractivity contribution in [2.75, 3.05) is 26.3 Å². The fraction of sp³-hybridized carbons (Fsp3) is 0.600. The van der Waals surface area contributed by atoms with E-state index in [-0.39, 0.29) is 11.9 Å². The van der Waals surface area contributed by atoms with Gasteiger partial charge in [-0.2, -0.15) is 0 Å². The second-order valence-electron chi connectivity index (χ2n) is 5.08. The summed E-state index contributed by atoms with van der Waals surface area (Å²) in [5.41, 5.74) is 1.17. The molecule has 0 bridgehead atoms. The van der Waals surface area contributed by atoms with Crippen LogP contribution in [-0.4, -0.2) is 32.1 Å². The maximum Gasteiger partial charge on any atom is 0.171 e. The number of ether oxygens (including phenoxy) is 3. The molecule has 1 unspecified atom stereocenters. The second kappa shape index (κ2) is 5.49. The summed E-state index contributed by atoms with van der Waals surface area (Å²) in [4.78, 5) is 0. The summed E-state index contributed by atoms with van der Waals surface area (Å²) in [6, 6.07) is 8.13. The first kappa shape index (κ1) is 12.9. The van der Waals surface area contributed by atoms with E-state index in [1.807, 2.05) is 19.1 Å². The van der Waals surface area contributed by atoms with Crippen molar-refractivity contribution in [1.82, 2.24) is 5.32 Å². The van der Waals surface area contributed by atoms with Crippen LogP contribution in [0.25, 0.3) is 0 Å². The Hall–Kier alpha value is -1.10. The van der Waals surface area contributed by atoms with Gasteiger partial charge in [-0.15, -0.1) is 0 Å². The highest BCUT2D eigenvalue weighted by molar-refractivity contribution is 5.29. The van der Waals surface area contributed by atoms with Crippen molar-refractivity contribution >= 4 is 0 Å². The van der Waals surface area contributed by atoms with E-state index in [0.29, 0.717) is 13.2 Å². The van der Waals surface area contributed by atoms with Crippen molar-refractivity contribution in [3.05, 3.63) is 29.8 Å². The van der Waals surface area contributed by atoms with Crippen LogP contribution < -0.4 is 10.1 Å². The lowest BCUT2D eigenvalue weighted by Gasteiger charge is -2.32. The lowest BCUT2D eigenvalue weighted by Crippen LogP contribution is -2.42. The van der Waals surface area contributed by atoms with E-state index in [1.165, 1.54) is 5.56 Å². The van der Waals surface area contributed by atoms with Gasteiger partial charge in [0.2, 0.25) is 0 Å². The van der Waals surface area contributed by atoms with E-state index in [9.17, 15) is 0 Å². The van der Waals surface area contributed by atoms with E-state index in [1.54, 1.807) is 0 Å². The molecule has 0 radical (unpaired) electrons. The fourth-order valence-electron chi connectivity index (χ4n) is 2.73. The van der Waals surface area contributed by atoms with Gasteiger partial charge in [-0.05, 0) is 24.6 Å². The maximum atomic E-state index is 6.17. The molecule has 1 aromatic carbocycles. The van der Waals surface area contributed by atoms with Crippen LogP contribution in [0, 0.1) is 0 Å². The van der Waals surface area contributed by atoms with Gasteiger partial charge >= 0.3 is 0 Å². The SMILES string of the molecule is CCOc1ccc(C2COC3(CCNCC3)O2)cc1. The zero-order chi connectivity index (χ0) is 13.1. The molecule has 1 atom stereocenters. The van der Waals surface area contributed by atoms with E-state index in [0.717, 1.165) is 31.7 Å². The lowest BCUT2D eigenvalue weighted by molar-refractivity contribution is -0.183. The minimum Gasteiger partial charge on any atom is -0.494 e. The molecule has 2 heterocycles. The Morgan fingerprint density at radius 2 is 2.00 bits per heavy atom. The Morgan fingerprint density at radius 3 is 2.68 bits per heavy atom. The van der Waals surface area contributed by atoms with Crippen molar-refractivity contribution in [3.63, 3.8) is 0 Å². The van der Waals surface area contributed by atoms with Gasteiger partial charge in [0.25, 0.3) is 0 Å². The van der Waals surface area contributed by atoms with Crippen LogP contribution in [0.2, 0.25) is 0 Å². The second-order valence-corrected chi connectivity index (χ2v) is 5.08. The van der Waals surface area contributed by atoms with Crippen molar-refractivity contribution in [3.8, 4) is 5.75 Å². The van der Waals surface area contributed by atoms with Crippen molar-refractivity contribution in [2.45, 2.75) is 31.7 Å². The third kappa shape index (κ3) is 2.76. The Kier molecular flexibility index (Phi) is 3.73. The van der Waals surface area contributed by atoms with Crippen LogP contribution in [0.5, 0.6) is 5.75 Å². The van der Waals surface area contributed by atoms with Gasteiger partial charge in [-0.25, -0.2) is 0 Å². The molecule has 0 aromatic heterocycles. The van der Waals surface area contributed by atoms with Gasteiger partial charge < -0.3 is 19.5 Å². The van der Waals surface area contributed by atoms with Gasteiger partial charge in [0, 0.05) is 25.9 Å². The highest BCUT2D eigenvalue weighted by Crippen LogP contribution is 2.38. The third-order valence-corrected chi connectivity index (χ3v) is 3.78. The molecule has 1 N–H and O–H groups in total. The van der Waals surface area contributed by atoms with Crippen LogP contribution in [0.1, 0.15) is 31.4 Å². The largest absolute Gasteiger partial charge is 0.494 e. The molecule has 1 aromatic rings. The molecule has 0 amide bonds. The summed E-state index contributed by atoms with van der Waals surface area (Å²) < 4.78 is 17.6. The molecule has 0 saturated carbocycles. The normalized spacial score (nSPS) is 25.6. The maximum absolute atomic E-state index is 6.17. The van der Waals surface area contributed by atoms with Crippen LogP contribution in [-0.2, 0) is 9.47 Å². The summed E-state index contributed by atoms with van der Waals surface area (Å²) >= 11 is 0. The highest BCUT2D eigenvalue weighted by Gasteiger charge is 2.42. The topological polar surface area (TPSA) is 39.7 Å². The Balaban J connectivity index is 1.66. The Morgan fingerprint density at radius 1 is 1.26 bits per heavy atom. The Labute approximate surface area is 114 Å². The number of benzene rings is 1. The van der Waals surface area contributed by atoms with Gasteiger partial charge in [0.15, 0.2) is 5.79 Å². The average molecular weight is 263 g/mol. The third-order valence-electron chi connectivity index (χ3n) is 3.78. The molecular weight excluding hydrogens is 242 g/mol. The Bertz CT molecular complexity index is 412. The van der Waals surface area contributed by atoms with Gasteiger partial charge in [-0.1, -0.05) is 12.1 Å². The van der Waals surface area contributed by atoms with E-state index >= 15 is 0 Å². The van der Waals surface area contributed by atoms with Crippen LogP contribution >= 0.6 is 0 Å². The van der Waals surface area contributed by atoms with Crippen LogP contribution in [0.4, 0.5) is 0 Å². The summed E-state index contributed by atoms with van der Waals surface area (Å²) in [6.45, 7) is 5.27. The smallest absolute Gasteiger partial charge is 0.171 e. The standard InChI is InChI=1S/C15H21NO3/c1-2-17-13-5-3-12(4-6-13)14-11-18-15(19-14)7-9-16-10-8-15/h3-6,14,16H,2,7-11H2,1H3. The molecule has 3 rings (SSSR count). The minimum absolute atomic E-state index is 0.0498. The van der Waals surface area contributed by atoms with E-state index < -0.39 is 0 Å². The summed E-state index contributed by atoms with van der Waals surface area (Å²) in [7, 11) is 0. The quantitative estimate of drug-likeness (QED) is 0.908. The minimum atomic E-state index is -0.353. The van der Waals surface area contributed by atoms with Gasteiger partial charge in [0.1, 0.15) is 11.9 Å². The summed E-state index contributed by atoms with van der Waals surface area (Å²) in [5, 5.41) is 3.34. The molecule has 2 aliphatic rings. The first-order valence-corrected chi connectivity index (χ1v) is 7.07. The number of rotatable bonds is 3. The van der Waals surface area contributed by atoms with E-state index in [2.05, 4.69) is 17.4 Å². The van der Waals surface area contributed by atoms with Gasteiger partial charge in [0.05, 0.1) is 13.2 Å². The number of nitrogens with one attached hydrogen (secondary N) is 1. The molecule has 104 valence electrons. The molecular formula is C15H21NO3. The van der Waals surface area contributed by atoms with Crippen molar-refractivity contribution in [1.29, 1.82) is 0 Å². The molecule has 2 fully saturated rings. The lowest BCUT2D eigenvalue weighted by atomic mass is 10.1. The number of piperidine rings is 1. The zero-order valence-corrected chi connectivity index (χ0v) is 11.4. The molecule has 0 aliphatic carbocycles. The molecule has 4 nitrogen and oxygen atoms in total. The number of hydrogen-bond donors (Lipinski definition) is 1. The number of hydrogen-bond acceptors (Lipinski definition) is 4. The van der Waals surface area contributed by atoms with Crippen molar-refractivity contribution in [2.24, 2.45) is 0 Å². The highest BCUT2D eigenvalue weighted by atomic mass is 16.7. The first-order chi connectivity index (χ1) is 9.31. The molecule has 2 aliphatic heterocycles. The fourth-order valence-corrected chi connectivity index (χ4v) is 2.73. The first-order valence-electron chi connectivity index (χ1n) is 7.07. The monoisotopic (exact) mass is 263 g/mol. The molecule has 1 spiro atoms. The molecule has 19 heavy (non-hydrogen) atoms. The van der Waals surface area contributed by atoms with E-state index in [4.69, 9.17) is 14.2 Å². The summed E-state index contributed by atoms with van der Waals surface area (Å²) in [6.07, 6.45) is 1.91.